The fraction of sp³-hybridized carbons (Fsp3) is 0.316. The average Bonchev–Trinajstić information content (AvgIpc) is 3.13. The van der Waals surface area contributed by atoms with E-state index in [1.807, 2.05) is 44.2 Å². The minimum absolute atomic E-state index is 0.0733. The Balaban J connectivity index is 1.51. The number of anilines is 1. The lowest BCUT2D eigenvalue weighted by Gasteiger charge is -2.17. The van der Waals surface area contributed by atoms with Crippen LogP contribution in [0.3, 0.4) is 0 Å². The van der Waals surface area contributed by atoms with Gasteiger partial charge < -0.3 is 36.5 Å². The Hall–Kier alpha value is -5.70. The molecule has 14 nitrogen and oxygen atoms in total. The zero-order valence-corrected chi connectivity index (χ0v) is 29.6. The summed E-state index contributed by atoms with van der Waals surface area (Å²) in [5.41, 5.74) is 17.0. The number of rotatable bonds is 18. The first-order valence-corrected chi connectivity index (χ1v) is 16.5. The molecule has 3 amide bonds. The largest absolute Gasteiger partial charge is 0.496 e. The molecule has 2 heterocycles. The standard InChI is InChI=1S/C38H44N6O8/c1-21-23(13-33(47)30-14-35(52-4)26(17-41-30)18-43-32(20-46)37(40)49)7-5-8-27(21)28-9-6-10-29(22(28)2)44-38(50)31-15-34(51-3)24(16-42-31)11-12-25(19-45)36(39)48/h5-10,14-17,25,32,43,45-46H,11-13,18-20H2,1-4H3,(H2,39,48)(H2,40,49)(H,44,50)/t25-,32-/m1/s1. The highest BCUT2D eigenvalue weighted by Crippen LogP contribution is 2.33. The highest BCUT2D eigenvalue weighted by molar-refractivity contribution is 6.04. The van der Waals surface area contributed by atoms with Crippen molar-refractivity contribution < 1.29 is 38.9 Å². The first-order valence-electron chi connectivity index (χ1n) is 16.5. The van der Waals surface area contributed by atoms with Crippen molar-refractivity contribution in [2.45, 2.75) is 45.7 Å². The molecular weight excluding hydrogens is 668 g/mol. The van der Waals surface area contributed by atoms with Crippen molar-refractivity contribution in [1.82, 2.24) is 15.3 Å². The van der Waals surface area contributed by atoms with Crippen LogP contribution in [-0.2, 0) is 29.0 Å². The van der Waals surface area contributed by atoms with Crippen LogP contribution in [0.1, 0.15) is 55.2 Å². The monoisotopic (exact) mass is 712 g/mol. The Kier molecular flexibility index (Phi) is 13.5. The Bertz CT molecular complexity index is 1810. The molecule has 0 saturated heterocycles. The quantitative estimate of drug-likeness (QED) is 0.0821. The number of nitrogens with one attached hydrogen (secondary N) is 2. The number of nitrogens with zero attached hydrogens (tertiary/aromatic N) is 2. The van der Waals surface area contributed by atoms with Gasteiger partial charge in [0.05, 0.1) is 33.4 Å². The number of hydrogen-bond donors (Lipinski definition) is 6. The lowest BCUT2D eigenvalue weighted by atomic mass is 9.91. The molecule has 0 spiro atoms. The van der Waals surface area contributed by atoms with E-state index in [0.717, 1.165) is 27.8 Å². The summed E-state index contributed by atoms with van der Waals surface area (Å²) in [5, 5.41) is 24.6. The molecule has 2 aromatic carbocycles. The summed E-state index contributed by atoms with van der Waals surface area (Å²) in [4.78, 5) is 58.4. The Morgan fingerprint density at radius 3 is 2.04 bits per heavy atom. The molecule has 0 aliphatic carbocycles. The third-order valence-corrected chi connectivity index (χ3v) is 8.96. The van der Waals surface area contributed by atoms with Crippen LogP contribution in [0.15, 0.2) is 60.9 Å². The predicted octanol–water partition coefficient (Wildman–Crippen LogP) is 2.42. The predicted molar refractivity (Wildman–Crippen MR) is 194 cm³/mol. The van der Waals surface area contributed by atoms with Gasteiger partial charge in [0.25, 0.3) is 5.91 Å². The summed E-state index contributed by atoms with van der Waals surface area (Å²) >= 11 is 0. The molecule has 0 aliphatic rings. The third-order valence-electron chi connectivity index (χ3n) is 8.96. The fourth-order valence-electron chi connectivity index (χ4n) is 5.73. The number of Topliss-reactive ketones (excluding diaryl/α,β-unsaturated/α-hetero) is 1. The van der Waals surface area contributed by atoms with E-state index in [2.05, 4.69) is 20.6 Å². The van der Waals surface area contributed by atoms with Gasteiger partial charge in [-0.2, -0.15) is 0 Å². The van der Waals surface area contributed by atoms with Crippen LogP contribution in [0.2, 0.25) is 0 Å². The number of pyridine rings is 2. The molecule has 0 saturated carbocycles. The second kappa shape index (κ2) is 18.0. The van der Waals surface area contributed by atoms with Crippen LogP contribution in [0.25, 0.3) is 11.1 Å². The second-order valence-corrected chi connectivity index (χ2v) is 12.2. The molecule has 0 bridgehead atoms. The number of carbonyl (C=O) groups is 4. The number of hydrogen-bond acceptors (Lipinski definition) is 11. The highest BCUT2D eigenvalue weighted by Gasteiger charge is 2.20. The van der Waals surface area contributed by atoms with Gasteiger partial charge in [-0.15, -0.1) is 0 Å². The van der Waals surface area contributed by atoms with Gasteiger partial charge in [-0.1, -0.05) is 30.3 Å². The molecule has 0 aliphatic heterocycles. The first-order chi connectivity index (χ1) is 24.9. The number of ether oxygens (including phenoxy) is 2. The first kappa shape index (κ1) is 39.1. The lowest BCUT2D eigenvalue weighted by molar-refractivity contribution is -0.123. The molecule has 0 unspecified atom stereocenters. The maximum atomic E-state index is 13.4. The smallest absolute Gasteiger partial charge is 0.274 e. The van der Waals surface area contributed by atoms with Gasteiger partial charge in [-0.3, -0.25) is 34.5 Å². The van der Waals surface area contributed by atoms with Crippen molar-refractivity contribution in [2.75, 3.05) is 32.8 Å². The summed E-state index contributed by atoms with van der Waals surface area (Å²) in [6.45, 7) is 3.15. The van der Waals surface area contributed by atoms with Crippen LogP contribution >= 0.6 is 0 Å². The van der Waals surface area contributed by atoms with Gasteiger partial charge in [0.1, 0.15) is 28.9 Å². The lowest BCUT2D eigenvalue weighted by Crippen LogP contribution is -2.43. The Morgan fingerprint density at radius 1 is 0.788 bits per heavy atom. The molecule has 14 heteroatoms. The number of aliphatic hydroxyl groups is 2. The Labute approximate surface area is 301 Å². The minimum atomic E-state index is -0.935. The maximum absolute atomic E-state index is 13.4. The number of carbonyl (C=O) groups excluding carboxylic acids is 4. The van der Waals surface area contributed by atoms with E-state index < -0.39 is 36.3 Å². The van der Waals surface area contributed by atoms with Crippen LogP contribution in [-0.4, -0.2) is 77.2 Å². The summed E-state index contributed by atoms with van der Waals surface area (Å²) in [6, 6.07) is 13.4. The zero-order valence-electron chi connectivity index (χ0n) is 29.6. The average molecular weight is 713 g/mol. The number of aryl methyl sites for hydroxylation is 1. The number of benzene rings is 2. The molecular formula is C38H44N6O8. The van der Waals surface area contributed by atoms with Crippen molar-refractivity contribution in [3.63, 3.8) is 0 Å². The third kappa shape index (κ3) is 9.34. The van der Waals surface area contributed by atoms with Gasteiger partial charge in [-0.25, -0.2) is 0 Å². The van der Waals surface area contributed by atoms with E-state index in [9.17, 15) is 29.4 Å². The van der Waals surface area contributed by atoms with Crippen molar-refractivity contribution in [1.29, 1.82) is 0 Å². The van der Waals surface area contributed by atoms with Crippen molar-refractivity contribution >= 4 is 29.2 Å². The van der Waals surface area contributed by atoms with E-state index in [-0.39, 0.29) is 36.7 Å². The van der Waals surface area contributed by atoms with Crippen molar-refractivity contribution in [3.05, 3.63) is 100 Å². The van der Waals surface area contributed by atoms with E-state index >= 15 is 0 Å². The number of ketones is 1. The van der Waals surface area contributed by atoms with E-state index in [4.69, 9.17) is 20.9 Å². The van der Waals surface area contributed by atoms with Gasteiger partial charge in [-0.05, 0) is 60.6 Å². The molecule has 0 radical (unpaired) electrons. The number of methoxy groups -OCH3 is 2. The van der Waals surface area contributed by atoms with Gasteiger partial charge in [0, 0.05) is 54.3 Å². The number of primary amides is 2. The van der Waals surface area contributed by atoms with Crippen LogP contribution in [0.5, 0.6) is 11.5 Å². The second-order valence-electron chi connectivity index (χ2n) is 12.2. The van der Waals surface area contributed by atoms with Crippen LogP contribution in [0.4, 0.5) is 5.69 Å². The SMILES string of the molecule is COc1cc(C(=O)Nc2cccc(-c3cccc(CC(=O)c4cc(OC)c(CN[C@H](CO)C(N)=O)cn4)c3C)c2C)ncc1CC[C@H](CO)C(N)=O. The summed E-state index contributed by atoms with van der Waals surface area (Å²) in [7, 11) is 2.94. The molecule has 52 heavy (non-hydrogen) atoms. The zero-order chi connectivity index (χ0) is 37.9. The summed E-state index contributed by atoms with van der Waals surface area (Å²) in [6.07, 6.45) is 3.75. The van der Waals surface area contributed by atoms with E-state index in [0.29, 0.717) is 41.2 Å². The van der Waals surface area contributed by atoms with E-state index in [1.54, 1.807) is 12.1 Å². The molecule has 0 fully saturated rings. The van der Waals surface area contributed by atoms with Crippen LogP contribution < -0.4 is 31.6 Å². The van der Waals surface area contributed by atoms with Crippen LogP contribution in [0, 0.1) is 19.8 Å². The summed E-state index contributed by atoms with van der Waals surface area (Å²) in [5.74, 6) is -1.83. The minimum Gasteiger partial charge on any atom is -0.496 e. The van der Waals surface area contributed by atoms with Crippen molar-refractivity contribution in [3.8, 4) is 22.6 Å². The highest BCUT2D eigenvalue weighted by atomic mass is 16.5. The van der Waals surface area contributed by atoms with Crippen molar-refractivity contribution in [2.24, 2.45) is 17.4 Å². The van der Waals surface area contributed by atoms with Gasteiger partial charge >= 0.3 is 0 Å². The Morgan fingerprint density at radius 2 is 1.40 bits per heavy atom. The molecule has 2 atom stereocenters. The molecule has 4 rings (SSSR count). The van der Waals surface area contributed by atoms with E-state index in [1.165, 1.54) is 32.7 Å². The molecule has 274 valence electrons. The topological polar surface area (TPSA) is 229 Å². The van der Waals surface area contributed by atoms with Gasteiger partial charge in [0.2, 0.25) is 11.8 Å². The maximum Gasteiger partial charge on any atom is 0.274 e. The number of aliphatic hydroxyl groups excluding tert-OH is 2. The summed E-state index contributed by atoms with van der Waals surface area (Å²) < 4.78 is 10.9. The number of amides is 3. The number of nitrogens with two attached hydrogens (primary N) is 2. The molecule has 8 N–H and O–H groups in total. The van der Waals surface area contributed by atoms with Gasteiger partial charge in [0.15, 0.2) is 5.78 Å². The fourth-order valence-corrected chi connectivity index (χ4v) is 5.73. The normalized spacial score (nSPS) is 12.1. The molecule has 4 aromatic rings. The molecule has 2 aromatic heterocycles. The number of aromatic nitrogens is 2.